The predicted molar refractivity (Wildman–Crippen MR) is 83.7 cm³/mol. The van der Waals surface area contributed by atoms with Crippen molar-refractivity contribution in [2.45, 2.75) is 26.2 Å². The molecule has 0 radical (unpaired) electrons. The van der Waals surface area contributed by atoms with Gasteiger partial charge in [-0.2, -0.15) is 0 Å². The summed E-state index contributed by atoms with van der Waals surface area (Å²) in [7, 11) is 0. The Labute approximate surface area is 119 Å². The number of aromatic nitrogens is 1. The van der Waals surface area contributed by atoms with Crippen molar-refractivity contribution in [3.63, 3.8) is 0 Å². The van der Waals surface area contributed by atoms with Crippen molar-refractivity contribution in [2.24, 2.45) is 0 Å². The third-order valence-electron chi connectivity index (χ3n) is 3.34. The Morgan fingerprint density at radius 3 is 2.89 bits per heavy atom. The number of hydrogen-bond acceptors (Lipinski definition) is 3. The molecule has 1 heterocycles. The van der Waals surface area contributed by atoms with Gasteiger partial charge in [0.2, 0.25) is 0 Å². The van der Waals surface area contributed by atoms with Crippen molar-refractivity contribution in [1.29, 1.82) is 0 Å². The van der Waals surface area contributed by atoms with Gasteiger partial charge in [-0.1, -0.05) is 18.9 Å². The summed E-state index contributed by atoms with van der Waals surface area (Å²) in [6.07, 6.45) is 7.20. The minimum absolute atomic E-state index is 0.415. The smallest absolute Gasteiger partial charge is 0.119 e. The molecule has 0 saturated heterocycles. The first-order chi connectivity index (χ1) is 9.24. The van der Waals surface area contributed by atoms with Gasteiger partial charge in [-0.25, -0.2) is 0 Å². The molecule has 0 fully saturated rings. The lowest BCUT2D eigenvalue weighted by Crippen LogP contribution is -2.17. The Morgan fingerprint density at radius 2 is 2.16 bits per heavy atom. The molecule has 0 aliphatic carbocycles. The highest BCUT2D eigenvalue weighted by Gasteiger charge is 2.06. The van der Waals surface area contributed by atoms with E-state index >= 15 is 0 Å². The van der Waals surface area contributed by atoms with Crippen LogP contribution in [0.5, 0.6) is 5.75 Å². The number of benzene rings is 1. The van der Waals surface area contributed by atoms with Crippen LogP contribution in [0.3, 0.4) is 0 Å². The lowest BCUT2D eigenvalue weighted by atomic mass is 10.1. The summed E-state index contributed by atoms with van der Waals surface area (Å²) in [4.78, 5) is 3.19. The van der Waals surface area contributed by atoms with E-state index in [-0.39, 0.29) is 0 Å². The maximum atomic E-state index is 10.0. The van der Waals surface area contributed by atoms with E-state index in [0.717, 1.165) is 42.4 Å². The number of aryl methyl sites for hydroxylation is 1. The largest absolute Gasteiger partial charge is 0.508 e. The van der Waals surface area contributed by atoms with Gasteiger partial charge in [0.25, 0.3) is 0 Å². The molecule has 0 spiro atoms. The molecular weight excluding hydrogens is 256 g/mol. The summed E-state index contributed by atoms with van der Waals surface area (Å²) in [5.41, 5.74) is 2.13. The first-order valence-electron chi connectivity index (χ1n) is 6.82. The fourth-order valence-electron chi connectivity index (χ4n) is 2.32. The molecule has 0 atom stereocenters. The van der Waals surface area contributed by atoms with Crippen LogP contribution in [0.1, 0.15) is 25.3 Å². The molecular formula is C15H22N2OS. The van der Waals surface area contributed by atoms with Gasteiger partial charge in [-0.3, -0.25) is 4.31 Å². The van der Waals surface area contributed by atoms with Crippen molar-refractivity contribution < 1.29 is 5.11 Å². The number of aromatic hydroxyl groups is 1. The maximum absolute atomic E-state index is 10.0. The van der Waals surface area contributed by atoms with Gasteiger partial charge in [0.05, 0.1) is 0 Å². The molecule has 2 rings (SSSR count). The quantitative estimate of drug-likeness (QED) is 0.757. The zero-order valence-electron chi connectivity index (χ0n) is 11.6. The van der Waals surface area contributed by atoms with Crippen LogP contribution in [0, 0.1) is 0 Å². The highest BCUT2D eigenvalue weighted by molar-refractivity contribution is 7.96. The molecule has 0 saturated carbocycles. The van der Waals surface area contributed by atoms with E-state index in [9.17, 15) is 5.11 Å². The monoisotopic (exact) mass is 278 g/mol. The topological polar surface area (TPSA) is 39.3 Å². The van der Waals surface area contributed by atoms with Crippen LogP contribution >= 0.6 is 11.9 Å². The summed E-state index contributed by atoms with van der Waals surface area (Å²) in [6, 6.07) is 5.89. The second kappa shape index (κ2) is 6.87. The van der Waals surface area contributed by atoms with Crippen molar-refractivity contribution in [2.75, 3.05) is 19.3 Å². The number of phenols is 1. The predicted octanol–water partition coefficient (Wildman–Crippen LogP) is 3.80. The number of nitrogens with zero attached hydrogens (tertiary/aromatic N) is 1. The van der Waals surface area contributed by atoms with Crippen molar-refractivity contribution >= 4 is 22.9 Å². The lowest BCUT2D eigenvalue weighted by molar-refractivity contribution is 0.448. The van der Waals surface area contributed by atoms with Crippen LogP contribution in [-0.4, -0.2) is 33.7 Å². The van der Waals surface area contributed by atoms with Gasteiger partial charge in [0.15, 0.2) is 0 Å². The number of hydrogen-bond donors (Lipinski definition) is 2. The lowest BCUT2D eigenvalue weighted by Gasteiger charge is -2.18. The highest BCUT2D eigenvalue weighted by atomic mass is 32.2. The van der Waals surface area contributed by atoms with Gasteiger partial charge < -0.3 is 10.1 Å². The maximum Gasteiger partial charge on any atom is 0.119 e. The number of fused-ring (bicyclic) bond motifs is 1. The van der Waals surface area contributed by atoms with E-state index in [4.69, 9.17) is 0 Å². The van der Waals surface area contributed by atoms with Crippen molar-refractivity contribution in [3.05, 3.63) is 30.0 Å². The third kappa shape index (κ3) is 3.67. The second-order valence-corrected chi connectivity index (χ2v) is 5.64. The Hall–Kier alpha value is -1.13. The van der Waals surface area contributed by atoms with Crippen LogP contribution in [0.25, 0.3) is 10.9 Å². The van der Waals surface area contributed by atoms with E-state index in [1.807, 2.05) is 18.3 Å². The Bertz CT molecular complexity index is 524. The van der Waals surface area contributed by atoms with E-state index in [1.54, 1.807) is 11.9 Å². The molecule has 0 bridgehead atoms. The van der Waals surface area contributed by atoms with E-state index in [0.29, 0.717) is 5.75 Å². The third-order valence-corrected chi connectivity index (χ3v) is 4.22. The minimum atomic E-state index is 0.415. The molecule has 1 aromatic heterocycles. The van der Waals surface area contributed by atoms with Crippen LogP contribution in [0.15, 0.2) is 24.4 Å². The summed E-state index contributed by atoms with van der Waals surface area (Å²) < 4.78 is 2.38. The van der Waals surface area contributed by atoms with Gasteiger partial charge in [-0.15, -0.1) is 0 Å². The van der Waals surface area contributed by atoms with Gasteiger partial charge in [0, 0.05) is 30.2 Å². The van der Waals surface area contributed by atoms with E-state index in [2.05, 4.69) is 28.5 Å². The summed E-state index contributed by atoms with van der Waals surface area (Å²) >= 11 is 1.80. The molecule has 2 N–H and O–H groups in total. The fourth-order valence-corrected chi connectivity index (χ4v) is 3.00. The van der Waals surface area contributed by atoms with Gasteiger partial charge in [0.1, 0.15) is 5.75 Å². The zero-order chi connectivity index (χ0) is 13.7. The minimum Gasteiger partial charge on any atom is -0.508 e. The number of aromatic amines is 1. The van der Waals surface area contributed by atoms with Crippen molar-refractivity contribution in [1.82, 2.24) is 9.29 Å². The normalized spacial score (nSPS) is 11.5. The Balaban J connectivity index is 1.95. The first-order valence-corrected chi connectivity index (χ1v) is 8.00. The molecule has 19 heavy (non-hydrogen) atoms. The molecule has 0 unspecified atom stereocenters. The summed E-state index contributed by atoms with van der Waals surface area (Å²) in [6.45, 7) is 4.40. The van der Waals surface area contributed by atoms with Crippen LogP contribution in [-0.2, 0) is 6.42 Å². The van der Waals surface area contributed by atoms with E-state index in [1.165, 1.54) is 6.42 Å². The molecule has 0 aliphatic rings. The zero-order valence-corrected chi connectivity index (χ0v) is 12.5. The number of rotatable bonds is 7. The second-order valence-electron chi connectivity index (χ2n) is 4.76. The fraction of sp³-hybridized carbons (Fsp3) is 0.467. The highest BCUT2D eigenvalue weighted by Crippen LogP contribution is 2.25. The molecule has 0 amide bonds. The number of H-pyrrole nitrogens is 1. The van der Waals surface area contributed by atoms with Crippen LogP contribution in [0.4, 0.5) is 0 Å². The van der Waals surface area contributed by atoms with Gasteiger partial charge in [-0.05, 0) is 49.3 Å². The SMILES string of the molecule is CCCN(CCCc1cc2[nH]ccc2cc1O)SC. The average Bonchev–Trinajstić information content (AvgIpc) is 2.84. The molecule has 3 nitrogen and oxygen atoms in total. The molecule has 0 aliphatic heterocycles. The first kappa shape index (κ1) is 14.3. The van der Waals surface area contributed by atoms with Gasteiger partial charge >= 0.3 is 0 Å². The molecule has 4 heteroatoms. The standard InChI is InChI=1S/C15H22N2OS/c1-3-8-17(19-2)9-4-5-13-10-14-12(6-7-16-14)11-15(13)18/h6-7,10-11,16,18H,3-5,8-9H2,1-2H3. The van der Waals surface area contributed by atoms with Crippen LogP contribution in [0.2, 0.25) is 0 Å². The average molecular weight is 278 g/mol. The molecule has 2 aromatic rings. The summed E-state index contributed by atoms with van der Waals surface area (Å²) in [5, 5.41) is 11.1. The number of phenolic OH excluding ortho intramolecular Hbond substituents is 1. The Kier molecular flexibility index (Phi) is 5.16. The molecule has 1 aromatic carbocycles. The summed E-state index contributed by atoms with van der Waals surface area (Å²) in [5.74, 6) is 0.415. The molecule has 104 valence electrons. The number of nitrogens with one attached hydrogen (secondary N) is 1. The van der Waals surface area contributed by atoms with Crippen LogP contribution < -0.4 is 0 Å². The Morgan fingerprint density at radius 1 is 1.32 bits per heavy atom. The van der Waals surface area contributed by atoms with E-state index < -0.39 is 0 Å². The van der Waals surface area contributed by atoms with Crippen molar-refractivity contribution in [3.8, 4) is 5.75 Å².